The monoisotopic (exact) mass is 431 g/mol. The second-order valence-electron chi connectivity index (χ2n) is 7.25. The van der Waals surface area contributed by atoms with Crippen molar-refractivity contribution in [1.29, 1.82) is 0 Å². The molecule has 2 aliphatic rings. The third-order valence-corrected chi connectivity index (χ3v) is 7.36. The lowest BCUT2D eigenvalue weighted by Crippen LogP contribution is -2.43. The summed E-state index contributed by atoms with van der Waals surface area (Å²) in [6.45, 7) is 1.39. The molecule has 0 bridgehead atoms. The molecule has 2 aromatic rings. The quantitative estimate of drug-likeness (QED) is 0.559. The minimum atomic E-state index is -3.73. The number of sulfone groups is 1. The van der Waals surface area contributed by atoms with E-state index in [1.165, 1.54) is 12.1 Å². The van der Waals surface area contributed by atoms with Crippen LogP contribution in [0.3, 0.4) is 0 Å². The average Bonchev–Trinajstić information content (AvgIpc) is 3.34. The predicted molar refractivity (Wildman–Crippen MR) is 109 cm³/mol. The van der Waals surface area contributed by atoms with E-state index in [1.807, 2.05) is 24.3 Å². The van der Waals surface area contributed by atoms with Gasteiger partial charge in [0.25, 0.3) is 0 Å². The van der Waals surface area contributed by atoms with Crippen molar-refractivity contribution in [2.75, 3.05) is 26.7 Å². The molecule has 4 rings (SSSR count). The Morgan fingerprint density at radius 3 is 2.53 bits per heavy atom. The first-order valence-corrected chi connectivity index (χ1v) is 11.0. The van der Waals surface area contributed by atoms with Crippen LogP contribution in [0.5, 0.6) is 5.75 Å². The van der Waals surface area contributed by atoms with E-state index in [4.69, 9.17) is 4.74 Å². The van der Waals surface area contributed by atoms with Crippen LogP contribution in [-0.2, 0) is 16.4 Å². The summed E-state index contributed by atoms with van der Waals surface area (Å²) in [6.07, 6.45) is 0. The summed E-state index contributed by atoms with van der Waals surface area (Å²) in [5, 5.41) is 4.98. The third kappa shape index (κ3) is 3.90. The van der Waals surface area contributed by atoms with Crippen LogP contribution in [0.4, 0.5) is 9.18 Å². The van der Waals surface area contributed by atoms with E-state index in [0.717, 1.165) is 29.0 Å². The molecule has 0 saturated heterocycles. The summed E-state index contributed by atoms with van der Waals surface area (Å²) in [7, 11) is -2.13. The van der Waals surface area contributed by atoms with Crippen LogP contribution in [0.1, 0.15) is 5.56 Å². The number of nitrogens with one attached hydrogen (secondary N) is 2. The Morgan fingerprint density at radius 1 is 1.17 bits per heavy atom. The standard InChI is InChI=1S/C21H22FN3O4S/c1-29-17-6-2-14(3-7-17)10-24-21(26)25-12-15-11-23-20(19(15)13-25)30(27,28)18-8-4-16(22)5-9-18/h2-9,20,23H,10-13H2,1H3,(H,24,26). The maximum absolute atomic E-state index is 13.2. The van der Waals surface area contributed by atoms with Crippen molar-refractivity contribution >= 4 is 15.9 Å². The van der Waals surface area contributed by atoms with Gasteiger partial charge in [0, 0.05) is 26.2 Å². The number of hydrogen-bond acceptors (Lipinski definition) is 5. The van der Waals surface area contributed by atoms with Gasteiger partial charge in [-0.2, -0.15) is 0 Å². The van der Waals surface area contributed by atoms with Gasteiger partial charge in [0.2, 0.25) is 0 Å². The van der Waals surface area contributed by atoms with Crippen molar-refractivity contribution in [2.24, 2.45) is 0 Å². The molecular formula is C21H22FN3O4S. The SMILES string of the molecule is COc1ccc(CNC(=O)N2CC3=C(C2)C(S(=O)(=O)c2ccc(F)cc2)NC3)cc1. The number of hydrogen-bond donors (Lipinski definition) is 2. The highest BCUT2D eigenvalue weighted by Crippen LogP contribution is 2.31. The highest BCUT2D eigenvalue weighted by atomic mass is 32.2. The molecule has 2 heterocycles. The van der Waals surface area contributed by atoms with Crippen molar-refractivity contribution < 1.29 is 22.3 Å². The van der Waals surface area contributed by atoms with Crippen LogP contribution in [0, 0.1) is 5.82 Å². The molecule has 0 fully saturated rings. The van der Waals surface area contributed by atoms with E-state index in [-0.39, 0.29) is 17.5 Å². The van der Waals surface area contributed by atoms with Crippen LogP contribution < -0.4 is 15.4 Å². The highest BCUT2D eigenvalue weighted by Gasteiger charge is 2.41. The second-order valence-corrected chi connectivity index (χ2v) is 9.28. The van der Waals surface area contributed by atoms with E-state index >= 15 is 0 Å². The molecule has 30 heavy (non-hydrogen) atoms. The van der Waals surface area contributed by atoms with Crippen LogP contribution in [-0.4, -0.2) is 51.5 Å². The van der Waals surface area contributed by atoms with Gasteiger partial charge >= 0.3 is 6.03 Å². The fourth-order valence-corrected chi connectivity index (χ4v) is 5.42. The van der Waals surface area contributed by atoms with E-state index < -0.39 is 21.0 Å². The number of carbonyl (C=O) groups is 1. The highest BCUT2D eigenvalue weighted by molar-refractivity contribution is 7.92. The number of amides is 2. The van der Waals surface area contributed by atoms with Crippen LogP contribution in [0.25, 0.3) is 0 Å². The van der Waals surface area contributed by atoms with E-state index in [0.29, 0.717) is 25.2 Å². The van der Waals surface area contributed by atoms with Gasteiger partial charge in [-0.05, 0) is 53.1 Å². The third-order valence-electron chi connectivity index (χ3n) is 5.36. The minimum absolute atomic E-state index is 0.0533. The van der Waals surface area contributed by atoms with Crippen molar-refractivity contribution in [2.45, 2.75) is 16.8 Å². The molecule has 0 aliphatic carbocycles. The van der Waals surface area contributed by atoms with Gasteiger partial charge in [0.05, 0.1) is 12.0 Å². The number of methoxy groups -OCH3 is 1. The first kappa shape index (κ1) is 20.4. The van der Waals surface area contributed by atoms with E-state index in [9.17, 15) is 17.6 Å². The lowest BCUT2D eigenvalue weighted by molar-refractivity contribution is 0.208. The van der Waals surface area contributed by atoms with E-state index in [1.54, 1.807) is 12.0 Å². The van der Waals surface area contributed by atoms with Crippen molar-refractivity contribution in [1.82, 2.24) is 15.5 Å². The Morgan fingerprint density at radius 2 is 1.87 bits per heavy atom. The summed E-state index contributed by atoms with van der Waals surface area (Å²) in [4.78, 5) is 14.2. The minimum Gasteiger partial charge on any atom is -0.497 e. The number of ether oxygens (including phenoxy) is 1. The van der Waals surface area contributed by atoms with Crippen molar-refractivity contribution in [3.8, 4) is 5.75 Å². The van der Waals surface area contributed by atoms with Gasteiger partial charge in [-0.3, -0.25) is 5.32 Å². The molecule has 0 aromatic heterocycles. The van der Waals surface area contributed by atoms with Crippen molar-refractivity contribution in [3.05, 3.63) is 71.1 Å². The van der Waals surface area contributed by atoms with Crippen LogP contribution in [0.2, 0.25) is 0 Å². The molecule has 2 amide bonds. The molecule has 9 heteroatoms. The first-order valence-electron chi connectivity index (χ1n) is 9.48. The smallest absolute Gasteiger partial charge is 0.318 e. The van der Waals surface area contributed by atoms with Crippen LogP contribution in [0.15, 0.2) is 64.6 Å². The molecule has 2 aromatic carbocycles. The Balaban J connectivity index is 1.40. The van der Waals surface area contributed by atoms with E-state index in [2.05, 4.69) is 10.6 Å². The van der Waals surface area contributed by atoms with Gasteiger partial charge in [0.15, 0.2) is 9.84 Å². The molecule has 1 atom stereocenters. The summed E-state index contributed by atoms with van der Waals surface area (Å²) in [6, 6.07) is 11.9. The Labute approximate surface area is 174 Å². The topological polar surface area (TPSA) is 87.7 Å². The van der Waals surface area contributed by atoms with Gasteiger partial charge in [-0.1, -0.05) is 12.1 Å². The number of urea groups is 1. The Bertz CT molecular complexity index is 1080. The molecule has 2 N–H and O–H groups in total. The fourth-order valence-electron chi connectivity index (χ4n) is 3.72. The number of benzene rings is 2. The number of carbonyl (C=O) groups excluding carboxylic acids is 1. The molecular weight excluding hydrogens is 409 g/mol. The number of halogens is 1. The number of nitrogens with zero attached hydrogens (tertiary/aromatic N) is 1. The average molecular weight is 431 g/mol. The van der Waals surface area contributed by atoms with Gasteiger partial charge in [0.1, 0.15) is 16.9 Å². The summed E-state index contributed by atoms with van der Waals surface area (Å²) >= 11 is 0. The normalized spacial score (nSPS) is 18.5. The zero-order chi connectivity index (χ0) is 21.3. The predicted octanol–water partition coefficient (Wildman–Crippen LogP) is 2.06. The maximum Gasteiger partial charge on any atom is 0.318 e. The largest absolute Gasteiger partial charge is 0.497 e. The van der Waals surface area contributed by atoms with Crippen LogP contribution >= 0.6 is 0 Å². The van der Waals surface area contributed by atoms with Crippen molar-refractivity contribution in [3.63, 3.8) is 0 Å². The zero-order valence-corrected chi connectivity index (χ0v) is 17.2. The Kier molecular flexibility index (Phi) is 5.48. The van der Waals surface area contributed by atoms with Gasteiger partial charge < -0.3 is 15.0 Å². The first-order chi connectivity index (χ1) is 14.4. The van der Waals surface area contributed by atoms with Gasteiger partial charge in [-0.25, -0.2) is 17.6 Å². The Hall–Kier alpha value is -2.91. The summed E-state index contributed by atoms with van der Waals surface area (Å²) in [5.74, 6) is 0.250. The summed E-state index contributed by atoms with van der Waals surface area (Å²) in [5.41, 5.74) is 2.53. The lowest BCUT2D eigenvalue weighted by atomic mass is 10.2. The summed E-state index contributed by atoms with van der Waals surface area (Å²) < 4.78 is 44.2. The molecule has 2 aliphatic heterocycles. The second kappa shape index (κ2) is 8.08. The molecule has 158 valence electrons. The molecule has 0 radical (unpaired) electrons. The van der Waals surface area contributed by atoms with Gasteiger partial charge in [-0.15, -0.1) is 0 Å². The fraction of sp³-hybridized carbons (Fsp3) is 0.286. The molecule has 1 unspecified atom stereocenters. The zero-order valence-electron chi connectivity index (χ0n) is 16.4. The molecule has 7 nitrogen and oxygen atoms in total. The number of rotatable bonds is 5. The molecule has 0 saturated carbocycles. The molecule has 0 spiro atoms. The maximum atomic E-state index is 13.2. The lowest BCUT2D eigenvalue weighted by Gasteiger charge is -2.22.